The summed E-state index contributed by atoms with van der Waals surface area (Å²) in [5.74, 6) is -1.29. The van der Waals surface area contributed by atoms with Gasteiger partial charge in [0.15, 0.2) is 0 Å². The number of sulfonamides is 1. The number of benzene rings is 3. The van der Waals surface area contributed by atoms with Crippen LogP contribution in [0.3, 0.4) is 0 Å². The number of anilines is 1. The summed E-state index contributed by atoms with van der Waals surface area (Å²) in [6, 6.07) is 21.2. The van der Waals surface area contributed by atoms with E-state index in [-0.39, 0.29) is 24.8 Å². The second kappa shape index (κ2) is 14.1. The van der Waals surface area contributed by atoms with Crippen molar-refractivity contribution in [3.05, 3.63) is 101 Å². The summed E-state index contributed by atoms with van der Waals surface area (Å²) < 4.78 is 40.8. The Bertz CT molecular complexity index is 1380. The zero-order valence-electron chi connectivity index (χ0n) is 23.5. The van der Waals surface area contributed by atoms with Crippen LogP contribution in [0.5, 0.6) is 0 Å². The molecule has 0 saturated heterocycles. The van der Waals surface area contributed by atoms with Crippen LogP contribution in [0.25, 0.3) is 0 Å². The highest BCUT2D eigenvalue weighted by Crippen LogP contribution is 2.29. The van der Waals surface area contributed by atoms with Gasteiger partial charge in [-0.1, -0.05) is 81.4 Å². The Kier molecular flexibility index (Phi) is 10.8. The summed E-state index contributed by atoms with van der Waals surface area (Å²) >= 11 is 0. The Labute approximate surface area is 237 Å². The summed E-state index contributed by atoms with van der Waals surface area (Å²) in [5.41, 5.74) is 2.67. The van der Waals surface area contributed by atoms with Crippen molar-refractivity contribution in [2.75, 3.05) is 23.7 Å². The third-order valence-electron chi connectivity index (χ3n) is 6.59. The molecular formula is C31H38FN3O4S. The number of rotatable bonds is 13. The predicted molar refractivity (Wildman–Crippen MR) is 157 cm³/mol. The summed E-state index contributed by atoms with van der Waals surface area (Å²) in [5, 5.41) is 2.90. The van der Waals surface area contributed by atoms with Crippen LogP contribution in [0.4, 0.5) is 10.1 Å². The average Bonchev–Trinajstić information content (AvgIpc) is 2.93. The van der Waals surface area contributed by atoms with Crippen molar-refractivity contribution in [3.63, 3.8) is 0 Å². The lowest BCUT2D eigenvalue weighted by Gasteiger charge is -2.34. The van der Waals surface area contributed by atoms with Crippen molar-refractivity contribution in [1.82, 2.24) is 10.2 Å². The molecule has 0 radical (unpaired) electrons. The molecule has 1 N–H and O–H groups in total. The van der Waals surface area contributed by atoms with E-state index in [4.69, 9.17) is 0 Å². The maximum Gasteiger partial charge on any atom is 0.244 e. The van der Waals surface area contributed by atoms with Crippen LogP contribution in [0.2, 0.25) is 0 Å². The fourth-order valence-electron chi connectivity index (χ4n) is 4.50. The van der Waals surface area contributed by atoms with Gasteiger partial charge in [0.2, 0.25) is 21.8 Å². The number of hydrogen-bond donors (Lipinski definition) is 1. The molecule has 0 aliphatic rings. The van der Waals surface area contributed by atoms with Gasteiger partial charge < -0.3 is 10.2 Å². The normalized spacial score (nSPS) is 12.2. The average molecular weight is 568 g/mol. The SMILES string of the molecule is CCCNC(=O)[C@@H](Cc1ccccc1)N(Cc1ccc(F)cc1)C(=O)CN(c1ccccc1C(C)C)S(C)(=O)=O. The van der Waals surface area contributed by atoms with E-state index >= 15 is 0 Å². The third kappa shape index (κ3) is 8.39. The summed E-state index contributed by atoms with van der Waals surface area (Å²) in [6.07, 6.45) is 2.01. The minimum Gasteiger partial charge on any atom is -0.354 e. The van der Waals surface area contributed by atoms with Crippen molar-refractivity contribution < 1.29 is 22.4 Å². The molecule has 3 rings (SSSR count). The minimum absolute atomic E-state index is 0.000409. The molecule has 2 amide bonds. The van der Waals surface area contributed by atoms with Gasteiger partial charge in [0.25, 0.3) is 0 Å². The van der Waals surface area contributed by atoms with E-state index in [1.165, 1.54) is 17.0 Å². The van der Waals surface area contributed by atoms with Gasteiger partial charge >= 0.3 is 0 Å². The molecule has 7 nitrogen and oxygen atoms in total. The van der Waals surface area contributed by atoms with E-state index in [2.05, 4.69) is 5.32 Å². The van der Waals surface area contributed by atoms with Gasteiger partial charge in [-0.3, -0.25) is 13.9 Å². The zero-order valence-corrected chi connectivity index (χ0v) is 24.3. The predicted octanol–water partition coefficient (Wildman–Crippen LogP) is 4.88. The monoisotopic (exact) mass is 567 g/mol. The van der Waals surface area contributed by atoms with E-state index in [9.17, 15) is 22.4 Å². The largest absolute Gasteiger partial charge is 0.354 e. The Morgan fingerprint density at radius 1 is 0.900 bits per heavy atom. The van der Waals surface area contributed by atoms with Gasteiger partial charge in [-0.25, -0.2) is 12.8 Å². The molecule has 0 aliphatic heterocycles. The van der Waals surface area contributed by atoms with E-state index in [0.717, 1.165) is 21.7 Å². The smallest absolute Gasteiger partial charge is 0.244 e. The molecule has 214 valence electrons. The summed E-state index contributed by atoms with van der Waals surface area (Å²) in [7, 11) is -3.86. The Morgan fingerprint density at radius 2 is 1.52 bits per heavy atom. The van der Waals surface area contributed by atoms with Gasteiger partial charge in [-0.2, -0.15) is 0 Å². The van der Waals surface area contributed by atoms with Crippen molar-refractivity contribution in [1.29, 1.82) is 0 Å². The van der Waals surface area contributed by atoms with Crippen LogP contribution < -0.4 is 9.62 Å². The lowest BCUT2D eigenvalue weighted by molar-refractivity contribution is -0.140. The number of para-hydroxylation sites is 1. The fraction of sp³-hybridized carbons (Fsp3) is 0.355. The molecule has 0 heterocycles. The van der Waals surface area contributed by atoms with E-state index < -0.39 is 34.3 Å². The Hall–Kier alpha value is -3.72. The van der Waals surface area contributed by atoms with E-state index in [1.807, 2.05) is 63.2 Å². The molecule has 9 heteroatoms. The number of amides is 2. The molecule has 40 heavy (non-hydrogen) atoms. The van der Waals surface area contributed by atoms with Crippen molar-refractivity contribution in [2.45, 2.75) is 52.1 Å². The Morgan fingerprint density at radius 3 is 2.12 bits per heavy atom. The molecule has 0 unspecified atom stereocenters. The van der Waals surface area contributed by atoms with Gasteiger partial charge in [-0.05, 0) is 47.2 Å². The molecule has 0 spiro atoms. The number of nitrogens with zero attached hydrogens (tertiary/aromatic N) is 2. The lowest BCUT2D eigenvalue weighted by Crippen LogP contribution is -2.53. The highest BCUT2D eigenvalue weighted by atomic mass is 32.2. The molecule has 0 bridgehead atoms. The van der Waals surface area contributed by atoms with E-state index in [0.29, 0.717) is 24.2 Å². The molecule has 1 atom stereocenters. The minimum atomic E-state index is -3.86. The molecule has 3 aromatic carbocycles. The van der Waals surface area contributed by atoms with Gasteiger partial charge in [-0.15, -0.1) is 0 Å². The van der Waals surface area contributed by atoms with E-state index in [1.54, 1.807) is 24.3 Å². The van der Waals surface area contributed by atoms with Crippen LogP contribution in [0, 0.1) is 5.82 Å². The first-order valence-electron chi connectivity index (χ1n) is 13.4. The number of halogens is 1. The summed E-state index contributed by atoms with van der Waals surface area (Å²) in [4.78, 5) is 29.0. The van der Waals surface area contributed by atoms with Crippen LogP contribution in [0.15, 0.2) is 78.9 Å². The topological polar surface area (TPSA) is 86.8 Å². The highest BCUT2D eigenvalue weighted by Gasteiger charge is 2.33. The highest BCUT2D eigenvalue weighted by molar-refractivity contribution is 7.92. The fourth-order valence-corrected chi connectivity index (χ4v) is 5.37. The number of hydrogen-bond acceptors (Lipinski definition) is 4. The number of carbonyl (C=O) groups excluding carboxylic acids is 2. The lowest BCUT2D eigenvalue weighted by atomic mass is 10.0. The number of nitrogens with one attached hydrogen (secondary N) is 1. The maximum atomic E-state index is 14.1. The van der Waals surface area contributed by atoms with Crippen LogP contribution in [-0.2, 0) is 32.6 Å². The van der Waals surface area contributed by atoms with Gasteiger partial charge in [0.05, 0.1) is 11.9 Å². The van der Waals surface area contributed by atoms with Crippen LogP contribution >= 0.6 is 0 Å². The first kappa shape index (κ1) is 30.8. The first-order chi connectivity index (χ1) is 19.0. The van der Waals surface area contributed by atoms with Gasteiger partial charge in [0.1, 0.15) is 18.4 Å². The third-order valence-corrected chi connectivity index (χ3v) is 7.72. The second-order valence-electron chi connectivity index (χ2n) is 10.1. The van der Waals surface area contributed by atoms with Crippen LogP contribution in [0.1, 0.15) is 49.8 Å². The van der Waals surface area contributed by atoms with Crippen molar-refractivity contribution in [3.8, 4) is 0 Å². The molecule has 3 aromatic rings. The maximum absolute atomic E-state index is 14.1. The van der Waals surface area contributed by atoms with Crippen molar-refractivity contribution >= 4 is 27.5 Å². The first-order valence-corrected chi connectivity index (χ1v) is 15.3. The standard InChI is InChI=1S/C31H38FN3O4S/c1-5-19-33-31(37)29(20-24-11-7-6-8-12-24)34(21-25-15-17-26(32)18-16-25)30(36)22-35(40(4,38)39)28-14-10-9-13-27(28)23(2)3/h6-18,23,29H,5,19-22H2,1-4H3,(H,33,37)/t29-/m1/s1. The quantitative estimate of drug-likeness (QED) is 0.319. The number of carbonyl (C=O) groups is 2. The molecule has 0 saturated carbocycles. The van der Waals surface area contributed by atoms with Crippen molar-refractivity contribution in [2.24, 2.45) is 0 Å². The molecule has 0 aromatic heterocycles. The molecule has 0 aliphatic carbocycles. The summed E-state index contributed by atoms with van der Waals surface area (Å²) in [6.45, 7) is 5.78. The van der Waals surface area contributed by atoms with Gasteiger partial charge in [0, 0.05) is 19.5 Å². The molecule has 0 fully saturated rings. The molecular weight excluding hydrogens is 529 g/mol. The second-order valence-corrected chi connectivity index (χ2v) is 12.0. The Balaban J connectivity index is 2.07. The zero-order chi connectivity index (χ0) is 29.3. The van der Waals surface area contributed by atoms with Crippen LogP contribution in [-0.4, -0.2) is 50.5 Å².